The molecule has 3 rings (SSSR count). The maximum absolute atomic E-state index is 12.1. The highest BCUT2D eigenvalue weighted by Crippen LogP contribution is 2.41. The molecule has 2 fully saturated rings. The van der Waals surface area contributed by atoms with Crippen LogP contribution in [-0.4, -0.2) is 24.1 Å². The molecule has 0 aromatic rings. The molecule has 0 spiro atoms. The molecule has 0 aliphatic heterocycles. The van der Waals surface area contributed by atoms with Gasteiger partial charge in [-0.15, -0.1) is 0 Å². The molecular formula is C15H20O4. The van der Waals surface area contributed by atoms with Gasteiger partial charge in [0.15, 0.2) is 6.29 Å². The Bertz CT molecular complexity index is 408. The SMILES string of the molecule is CC(OC(=O)C1CC2C=CC1C2=O)OC1CCCC1. The monoisotopic (exact) mass is 264 g/mol. The third kappa shape index (κ3) is 2.46. The number of Topliss-reactive ketones (excluding diaryl/α,β-unsaturated/α-hetero) is 1. The quantitative estimate of drug-likeness (QED) is 0.444. The maximum atomic E-state index is 12.1. The molecule has 2 bridgehead atoms. The fourth-order valence-electron chi connectivity index (χ4n) is 3.46. The molecule has 19 heavy (non-hydrogen) atoms. The molecule has 2 saturated carbocycles. The molecule has 0 amide bonds. The summed E-state index contributed by atoms with van der Waals surface area (Å²) in [5, 5.41) is 0. The van der Waals surface area contributed by atoms with Gasteiger partial charge in [-0.05, 0) is 26.2 Å². The minimum atomic E-state index is -0.506. The second-order valence-corrected chi connectivity index (χ2v) is 5.81. The number of carbonyl (C=O) groups excluding carboxylic acids is 2. The molecular weight excluding hydrogens is 244 g/mol. The molecule has 4 unspecified atom stereocenters. The lowest BCUT2D eigenvalue weighted by Crippen LogP contribution is -2.29. The van der Waals surface area contributed by atoms with E-state index >= 15 is 0 Å². The summed E-state index contributed by atoms with van der Waals surface area (Å²) in [7, 11) is 0. The minimum absolute atomic E-state index is 0.0615. The number of esters is 1. The molecule has 0 radical (unpaired) electrons. The predicted octanol–water partition coefficient (Wildman–Crippen LogP) is 2.23. The van der Waals surface area contributed by atoms with Crippen molar-refractivity contribution in [2.45, 2.75) is 51.4 Å². The Kier molecular flexibility index (Phi) is 3.44. The van der Waals surface area contributed by atoms with E-state index in [0.29, 0.717) is 6.42 Å². The van der Waals surface area contributed by atoms with Crippen molar-refractivity contribution in [2.75, 3.05) is 0 Å². The van der Waals surface area contributed by atoms with Crippen molar-refractivity contribution in [3.05, 3.63) is 12.2 Å². The second kappa shape index (κ2) is 5.08. The Morgan fingerprint density at radius 1 is 1.32 bits per heavy atom. The Morgan fingerprint density at radius 3 is 2.63 bits per heavy atom. The molecule has 0 aromatic heterocycles. The van der Waals surface area contributed by atoms with E-state index in [2.05, 4.69) is 0 Å². The number of carbonyl (C=O) groups is 2. The third-order valence-electron chi connectivity index (χ3n) is 4.46. The first-order valence-corrected chi connectivity index (χ1v) is 7.23. The van der Waals surface area contributed by atoms with Gasteiger partial charge in [-0.3, -0.25) is 9.59 Å². The number of fused-ring (bicyclic) bond motifs is 2. The molecule has 4 heteroatoms. The van der Waals surface area contributed by atoms with E-state index < -0.39 is 6.29 Å². The van der Waals surface area contributed by atoms with Crippen LogP contribution in [-0.2, 0) is 19.1 Å². The first-order chi connectivity index (χ1) is 9.15. The van der Waals surface area contributed by atoms with Crippen LogP contribution in [0.4, 0.5) is 0 Å². The highest BCUT2D eigenvalue weighted by molar-refractivity contribution is 5.96. The van der Waals surface area contributed by atoms with Crippen LogP contribution in [0.25, 0.3) is 0 Å². The molecule has 3 aliphatic rings. The van der Waals surface area contributed by atoms with Crippen LogP contribution in [0.1, 0.15) is 39.0 Å². The van der Waals surface area contributed by atoms with Crippen molar-refractivity contribution in [3.8, 4) is 0 Å². The van der Waals surface area contributed by atoms with Gasteiger partial charge in [-0.2, -0.15) is 0 Å². The third-order valence-corrected chi connectivity index (χ3v) is 4.46. The van der Waals surface area contributed by atoms with Crippen molar-refractivity contribution >= 4 is 11.8 Å². The van der Waals surface area contributed by atoms with Gasteiger partial charge in [0.2, 0.25) is 0 Å². The van der Waals surface area contributed by atoms with Crippen molar-refractivity contribution in [2.24, 2.45) is 17.8 Å². The normalized spacial score (nSPS) is 35.0. The number of allylic oxidation sites excluding steroid dienone is 2. The number of hydrogen-bond acceptors (Lipinski definition) is 4. The van der Waals surface area contributed by atoms with Gasteiger partial charge in [0.1, 0.15) is 5.78 Å². The first kappa shape index (κ1) is 12.9. The zero-order valence-corrected chi connectivity index (χ0v) is 11.2. The van der Waals surface area contributed by atoms with Gasteiger partial charge in [-0.25, -0.2) is 0 Å². The standard InChI is InChI=1S/C15H20O4/c1-9(18-11-4-2-3-5-11)19-15(17)13-8-10-6-7-12(13)14(10)16/h6-7,9-13H,2-5,8H2,1H3. The number of rotatable bonds is 4. The summed E-state index contributed by atoms with van der Waals surface area (Å²) in [5.74, 6) is -0.719. The number of hydrogen-bond donors (Lipinski definition) is 0. The van der Waals surface area contributed by atoms with Crippen LogP contribution in [0.3, 0.4) is 0 Å². The van der Waals surface area contributed by atoms with Gasteiger partial charge in [0, 0.05) is 11.8 Å². The molecule has 4 nitrogen and oxygen atoms in total. The minimum Gasteiger partial charge on any atom is -0.436 e. The van der Waals surface area contributed by atoms with E-state index in [1.165, 1.54) is 12.8 Å². The Morgan fingerprint density at radius 2 is 2.05 bits per heavy atom. The smallest absolute Gasteiger partial charge is 0.312 e. The number of ketones is 1. The second-order valence-electron chi connectivity index (χ2n) is 5.81. The van der Waals surface area contributed by atoms with Gasteiger partial charge in [-0.1, -0.05) is 25.0 Å². The zero-order chi connectivity index (χ0) is 13.4. The summed E-state index contributed by atoms with van der Waals surface area (Å²) in [4.78, 5) is 23.8. The van der Waals surface area contributed by atoms with E-state index in [9.17, 15) is 9.59 Å². The summed E-state index contributed by atoms with van der Waals surface area (Å²) in [5.41, 5.74) is 0. The summed E-state index contributed by atoms with van der Waals surface area (Å²) >= 11 is 0. The summed E-state index contributed by atoms with van der Waals surface area (Å²) < 4.78 is 11.1. The highest BCUT2D eigenvalue weighted by atomic mass is 16.7. The average molecular weight is 264 g/mol. The molecule has 104 valence electrons. The van der Waals surface area contributed by atoms with Gasteiger partial charge >= 0.3 is 5.97 Å². The zero-order valence-electron chi connectivity index (χ0n) is 11.2. The van der Waals surface area contributed by atoms with E-state index in [-0.39, 0.29) is 35.6 Å². The van der Waals surface area contributed by atoms with Crippen LogP contribution in [0, 0.1) is 17.8 Å². The Labute approximate surface area is 113 Å². The number of ether oxygens (including phenoxy) is 2. The topological polar surface area (TPSA) is 52.6 Å². The maximum Gasteiger partial charge on any atom is 0.312 e. The molecule has 0 saturated heterocycles. The Hall–Kier alpha value is -1.16. The van der Waals surface area contributed by atoms with E-state index in [1.807, 2.05) is 12.2 Å². The lowest BCUT2D eigenvalue weighted by molar-refractivity contribution is -0.189. The lowest BCUT2D eigenvalue weighted by Gasteiger charge is -2.22. The van der Waals surface area contributed by atoms with Gasteiger partial charge in [0.05, 0.1) is 12.0 Å². The fraction of sp³-hybridized carbons (Fsp3) is 0.733. The van der Waals surface area contributed by atoms with E-state index in [1.54, 1.807) is 6.92 Å². The van der Waals surface area contributed by atoms with Crippen LogP contribution in [0.15, 0.2) is 12.2 Å². The van der Waals surface area contributed by atoms with Crippen molar-refractivity contribution in [3.63, 3.8) is 0 Å². The van der Waals surface area contributed by atoms with Gasteiger partial charge < -0.3 is 9.47 Å². The predicted molar refractivity (Wildman–Crippen MR) is 68.1 cm³/mol. The fourth-order valence-corrected chi connectivity index (χ4v) is 3.46. The molecule has 4 atom stereocenters. The summed E-state index contributed by atoms with van der Waals surface area (Å²) in [6.07, 6.45) is 8.58. The molecule has 3 aliphatic carbocycles. The van der Waals surface area contributed by atoms with Crippen LogP contribution in [0.2, 0.25) is 0 Å². The first-order valence-electron chi connectivity index (χ1n) is 7.23. The largest absolute Gasteiger partial charge is 0.436 e. The van der Waals surface area contributed by atoms with E-state index in [0.717, 1.165) is 12.8 Å². The highest BCUT2D eigenvalue weighted by Gasteiger charge is 2.47. The Balaban J connectivity index is 1.51. The molecule has 0 heterocycles. The lowest BCUT2D eigenvalue weighted by atomic mass is 9.94. The summed E-state index contributed by atoms with van der Waals surface area (Å²) in [6.45, 7) is 1.76. The van der Waals surface area contributed by atoms with Crippen molar-refractivity contribution < 1.29 is 19.1 Å². The summed E-state index contributed by atoms with van der Waals surface area (Å²) in [6, 6.07) is 0. The van der Waals surface area contributed by atoms with E-state index in [4.69, 9.17) is 9.47 Å². The average Bonchev–Trinajstić information content (AvgIpc) is 3.07. The van der Waals surface area contributed by atoms with Crippen LogP contribution < -0.4 is 0 Å². The van der Waals surface area contributed by atoms with Crippen molar-refractivity contribution in [1.29, 1.82) is 0 Å². The van der Waals surface area contributed by atoms with Crippen molar-refractivity contribution in [1.82, 2.24) is 0 Å². The molecule has 0 aromatic carbocycles. The van der Waals surface area contributed by atoms with Gasteiger partial charge in [0.25, 0.3) is 0 Å². The van der Waals surface area contributed by atoms with Crippen LogP contribution in [0.5, 0.6) is 0 Å². The van der Waals surface area contributed by atoms with Crippen LogP contribution >= 0.6 is 0 Å². The molecule has 0 N–H and O–H groups in total.